The van der Waals surface area contributed by atoms with Gasteiger partial charge in [0.05, 0.1) is 33.7 Å². The Bertz CT molecular complexity index is 1910. The van der Waals surface area contributed by atoms with Crippen LogP contribution in [0, 0.1) is 12.7 Å². The number of hydrogen-bond acceptors (Lipinski definition) is 8. The molecule has 2 bridgehead atoms. The first-order valence-electron chi connectivity index (χ1n) is 15.8. The average Bonchev–Trinajstić information content (AvgIpc) is 3.78. The Morgan fingerprint density at radius 3 is 2.64 bits per heavy atom. The predicted octanol–water partition coefficient (Wildman–Crippen LogP) is 6.13. The number of anilines is 1. The summed E-state index contributed by atoms with van der Waals surface area (Å²) >= 11 is 0. The minimum atomic E-state index is -4.82. The molecule has 4 aromatic rings. The molecule has 4 saturated heterocycles. The summed E-state index contributed by atoms with van der Waals surface area (Å²) in [5, 5.41) is 10.1. The minimum absolute atomic E-state index is 0.0572. The van der Waals surface area contributed by atoms with Gasteiger partial charge in [-0.15, -0.1) is 0 Å². The molecule has 0 saturated carbocycles. The number of rotatable bonds is 6. The highest BCUT2D eigenvalue weighted by molar-refractivity contribution is 5.99. The number of nitrogens with zero attached hydrogens (tertiary/aromatic N) is 6. The number of halogens is 6. The lowest BCUT2D eigenvalue weighted by molar-refractivity contribution is -0.137. The fourth-order valence-electron chi connectivity index (χ4n) is 8.44. The topological polar surface area (TPSA) is 95.1 Å². The molecule has 8 rings (SSSR count). The van der Waals surface area contributed by atoms with Crippen molar-refractivity contribution >= 4 is 27.6 Å². The first-order valence-corrected chi connectivity index (χ1v) is 15.8. The van der Waals surface area contributed by atoms with Gasteiger partial charge < -0.3 is 15.0 Å². The number of alkyl halides is 3. The van der Waals surface area contributed by atoms with Gasteiger partial charge in [0.2, 0.25) is 0 Å². The monoisotopic (exact) mass is 658 g/mol. The predicted molar refractivity (Wildman–Crippen MR) is 162 cm³/mol. The van der Waals surface area contributed by atoms with E-state index >= 15 is 4.39 Å². The third-order valence-electron chi connectivity index (χ3n) is 10.4. The molecule has 4 aliphatic heterocycles. The van der Waals surface area contributed by atoms with E-state index in [2.05, 4.69) is 30.4 Å². The van der Waals surface area contributed by atoms with Crippen molar-refractivity contribution in [1.29, 1.82) is 0 Å². The Kier molecular flexibility index (Phi) is 6.96. The normalized spacial score (nSPS) is 24.0. The van der Waals surface area contributed by atoms with Crippen molar-refractivity contribution in [2.75, 3.05) is 37.7 Å². The van der Waals surface area contributed by atoms with Crippen molar-refractivity contribution in [3.8, 4) is 17.3 Å². The summed E-state index contributed by atoms with van der Waals surface area (Å²) < 4.78 is 93.7. The fraction of sp³-hybridized carbons (Fsp3) is 0.500. The molecule has 0 radical (unpaired) electrons. The number of H-pyrrole nitrogens is 1. The largest absolute Gasteiger partial charge is 0.461 e. The van der Waals surface area contributed by atoms with Gasteiger partial charge in [0, 0.05) is 42.4 Å². The molecular weight excluding hydrogens is 626 g/mol. The van der Waals surface area contributed by atoms with Gasteiger partial charge in [-0.25, -0.2) is 4.39 Å². The van der Waals surface area contributed by atoms with Crippen molar-refractivity contribution in [2.45, 2.75) is 68.7 Å². The molecule has 0 aliphatic carbocycles. The van der Waals surface area contributed by atoms with Crippen LogP contribution in [0.15, 0.2) is 30.6 Å². The van der Waals surface area contributed by atoms with Crippen LogP contribution in [0.3, 0.4) is 0 Å². The molecule has 1 aromatic carbocycles. The number of pyridine rings is 1. The smallest absolute Gasteiger partial charge is 0.417 e. The average molecular weight is 659 g/mol. The van der Waals surface area contributed by atoms with Crippen molar-refractivity contribution in [1.82, 2.24) is 35.4 Å². The maximum absolute atomic E-state index is 16.8. The Hall–Kier alpha value is -3.98. The molecule has 2 atom stereocenters. The third-order valence-corrected chi connectivity index (χ3v) is 10.4. The number of fused-ring (bicyclic) bond motifs is 5. The van der Waals surface area contributed by atoms with Crippen molar-refractivity contribution in [3.05, 3.63) is 47.6 Å². The number of nitrogens with one attached hydrogen (secondary N) is 2. The van der Waals surface area contributed by atoms with Gasteiger partial charge in [0.15, 0.2) is 5.82 Å². The van der Waals surface area contributed by atoms with Gasteiger partial charge in [0.1, 0.15) is 23.6 Å². The highest BCUT2D eigenvalue weighted by atomic mass is 19.4. The van der Waals surface area contributed by atoms with Crippen LogP contribution in [0.4, 0.5) is 32.2 Å². The molecule has 248 valence electrons. The van der Waals surface area contributed by atoms with Gasteiger partial charge in [-0.05, 0) is 70.2 Å². The lowest BCUT2D eigenvalue weighted by atomic mass is 9.94. The maximum Gasteiger partial charge on any atom is 0.417 e. The van der Waals surface area contributed by atoms with Crippen LogP contribution < -0.4 is 15.0 Å². The van der Waals surface area contributed by atoms with Gasteiger partial charge >= 0.3 is 12.2 Å². The first-order chi connectivity index (χ1) is 22.5. The highest BCUT2D eigenvalue weighted by Crippen LogP contribution is 2.45. The minimum Gasteiger partial charge on any atom is -0.461 e. The van der Waals surface area contributed by atoms with Crippen LogP contribution in [0.5, 0.6) is 6.01 Å². The summed E-state index contributed by atoms with van der Waals surface area (Å²) in [5.41, 5.74) is -3.29. The summed E-state index contributed by atoms with van der Waals surface area (Å²) in [4.78, 5) is 17.6. The Morgan fingerprint density at radius 2 is 1.89 bits per heavy atom. The lowest BCUT2D eigenvalue weighted by Gasteiger charge is -2.40. The van der Waals surface area contributed by atoms with Gasteiger partial charge in [-0.1, -0.05) is 0 Å². The number of piperazine rings is 1. The Labute approximate surface area is 265 Å². The van der Waals surface area contributed by atoms with Crippen LogP contribution in [-0.4, -0.2) is 80.0 Å². The van der Waals surface area contributed by atoms with Crippen molar-refractivity contribution < 1.29 is 31.1 Å². The van der Waals surface area contributed by atoms with E-state index in [9.17, 15) is 22.0 Å². The molecule has 4 fully saturated rings. The van der Waals surface area contributed by atoms with E-state index in [0.717, 1.165) is 44.8 Å². The molecule has 0 spiro atoms. The van der Waals surface area contributed by atoms with E-state index in [1.165, 1.54) is 25.4 Å². The van der Waals surface area contributed by atoms with E-state index in [1.54, 1.807) is 4.90 Å². The second kappa shape index (κ2) is 10.8. The number of hydrogen-bond donors (Lipinski definition) is 2. The summed E-state index contributed by atoms with van der Waals surface area (Å²) in [6.07, 6.45) is 1.82. The second-order valence-electron chi connectivity index (χ2n) is 13.3. The summed E-state index contributed by atoms with van der Waals surface area (Å²) in [6.45, 7) is 3.99. The summed E-state index contributed by atoms with van der Waals surface area (Å²) in [6, 6.07) is 1.06. The SMILES string of the molecule is Cc1cc2[nH]ncc2c(-c2ncc3c(N4C[C@H]5CC[C@@](C=C(F)F)(C4)N5)nc(OCC45CCCN4CCC5)nc3c2F)c1C(F)(F)F. The van der Waals surface area contributed by atoms with Crippen LogP contribution in [0.2, 0.25) is 0 Å². The molecule has 7 heterocycles. The Morgan fingerprint density at radius 1 is 1.11 bits per heavy atom. The van der Waals surface area contributed by atoms with E-state index < -0.39 is 40.4 Å². The number of benzene rings is 1. The van der Waals surface area contributed by atoms with Gasteiger partial charge in [-0.2, -0.15) is 37.0 Å². The zero-order valence-corrected chi connectivity index (χ0v) is 25.5. The van der Waals surface area contributed by atoms with Crippen LogP contribution in [0.25, 0.3) is 33.1 Å². The Balaban J connectivity index is 1.30. The van der Waals surface area contributed by atoms with E-state index in [1.807, 2.05) is 0 Å². The van der Waals surface area contributed by atoms with Crippen LogP contribution in [-0.2, 0) is 6.18 Å². The molecule has 15 heteroatoms. The van der Waals surface area contributed by atoms with Crippen molar-refractivity contribution in [3.63, 3.8) is 0 Å². The van der Waals surface area contributed by atoms with E-state index in [4.69, 9.17) is 9.72 Å². The van der Waals surface area contributed by atoms with E-state index in [-0.39, 0.29) is 58.4 Å². The van der Waals surface area contributed by atoms with Crippen molar-refractivity contribution in [2.24, 2.45) is 0 Å². The molecule has 4 aliphatic rings. The van der Waals surface area contributed by atoms with Gasteiger partial charge in [-0.3, -0.25) is 15.0 Å². The molecular formula is C32H32F6N8O. The standard InChI is InChI=1S/C32H32F6N8O/c1-17-10-21-19(13-40-44-21)23(24(17)32(36,37)38)27-25(35)26-20(12-39-27)28(45-14-18-4-7-30(15-45,43-18)11-22(33)34)42-29(41-26)47-16-31-5-2-8-46(31)9-3-6-31/h10-13,18,43H,2-9,14-16H2,1H3,(H,40,44)/t18-,30-/m1/s1. The number of ether oxygens (including phenoxy) is 1. The fourth-order valence-corrected chi connectivity index (χ4v) is 8.44. The molecule has 0 amide bonds. The number of aromatic nitrogens is 5. The number of aromatic amines is 1. The van der Waals surface area contributed by atoms with E-state index in [0.29, 0.717) is 24.9 Å². The quantitative estimate of drug-likeness (QED) is 0.239. The molecule has 9 nitrogen and oxygen atoms in total. The lowest BCUT2D eigenvalue weighted by Crippen LogP contribution is -2.59. The second-order valence-corrected chi connectivity index (χ2v) is 13.3. The molecule has 47 heavy (non-hydrogen) atoms. The maximum atomic E-state index is 16.8. The summed E-state index contributed by atoms with van der Waals surface area (Å²) in [5.74, 6) is -0.840. The van der Waals surface area contributed by atoms with Crippen LogP contribution in [0.1, 0.15) is 49.7 Å². The first kappa shape index (κ1) is 30.4. The zero-order valence-electron chi connectivity index (χ0n) is 25.5. The van der Waals surface area contributed by atoms with Crippen LogP contribution >= 0.6 is 0 Å². The highest BCUT2D eigenvalue weighted by Gasteiger charge is 2.47. The molecule has 2 N–H and O–H groups in total. The summed E-state index contributed by atoms with van der Waals surface area (Å²) in [7, 11) is 0. The zero-order chi connectivity index (χ0) is 32.7. The third kappa shape index (κ3) is 5.00. The molecule has 0 unspecified atom stereocenters. The molecule has 3 aromatic heterocycles. The number of aryl methyl sites for hydroxylation is 1. The van der Waals surface area contributed by atoms with Gasteiger partial charge in [0.25, 0.3) is 6.08 Å².